The van der Waals surface area contributed by atoms with Crippen LogP contribution in [0.1, 0.15) is 10.4 Å². The SMILES string of the molecule is CSc1ccc(C(=O)Nc2cc(Br)cnc2Cl)cc1. The van der Waals surface area contributed by atoms with Crippen LogP contribution >= 0.6 is 39.3 Å². The molecule has 0 bridgehead atoms. The van der Waals surface area contributed by atoms with Crippen molar-refractivity contribution in [2.75, 3.05) is 11.6 Å². The zero-order valence-corrected chi connectivity index (χ0v) is 13.1. The Morgan fingerprint density at radius 3 is 2.68 bits per heavy atom. The summed E-state index contributed by atoms with van der Waals surface area (Å²) in [5.41, 5.74) is 1.06. The Bertz CT molecular complexity index is 604. The minimum Gasteiger partial charge on any atom is -0.319 e. The van der Waals surface area contributed by atoms with Gasteiger partial charge < -0.3 is 5.32 Å². The number of hydrogen-bond acceptors (Lipinski definition) is 3. The summed E-state index contributed by atoms with van der Waals surface area (Å²) in [6, 6.07) is 9.07. The largest absolute Gasteiger partial charge is 0.319 e. The van der Waals surface area contributed by atoms with E-state index in [0.717, 1.165) is 9.37 Å². The first-order chi connectivity index (χ1) is 9.10. The number of hydrogen-bond donors (Lipinski definition) is 1. The van der Waals surface area contributed by atoms with Gasteiger partial charge in [-0.05, 0) is 52.5 Å². The number of amides is 1. The predicted molar refractivity (Wildman–Crippen MR) is 83.1 cm³/mol. The van der Waals surface area contributed by atoms with Gasteiger partial charge in [-0.3, -0.25) is 4.79 Å². The monoisotopic (exact) mass is 356 g/mol. The lowest BCUT2D eigenvalue weighted by Crippen LogP contribution is -2.12. The Morgan fingerprint density at radius 1 is 1.37 bits per heavy atom. The molecule has 0 saturated heterocycles. The van der Waals surface area contributed by atoms with Crippen LogP contribution in [-0.4, -0.2) is 17.1 Å². The van der Waals surface area contributed by atoms with Crippen molar-refractivity contribution in [3.8, 4) is 0 Å². The molecular formula is C13H10BrClN2OS. The van der Waals surface area contributed by atoms with E-state index in [1.165, 1.54) is 0 Å². The van der Waals surface area contributed by atoms with Gasteiger partial charge in [-0.2, -0.15) is 0 Å². The second-order valence-corrected chi connectivity index (χ2v) is 5.83. The molecule has 1 heterocycles. The summed E-state index contributed by atoms with van der Waals surface area (Å²) in [6.45, 7) is 0. The minimum atomic E-state index is -0.213. The molecule has 1 amide bonds. The molecule has 0 spiro atoms. The number of benzene rings is 1. The fraction of sp³-hybridized carbons (Fsp3) is 0.0769. The molecule has 98 valence electrons. The maximum Gasteiger partial charge on any atom is 0.255 e. The molecule has 0 atom stereocenters. The molecule has 1 aromatic heterocycles. The lowest BCUT2D eigenvalue weighted by molar-refractivity contribution is 0.102. The molecule has 19 heavy (non-hydrogen) atoms. The van der Waals surface area contributed by atoms with Crippen LogP contribution in [0.25, 0.3) is 0 Å². The number of halogens is 2. The molecular weight excluding hydrogens is 348 g/mol. The molecule has 2 aromatic rings. The average Bonchev–Trinajstić information content (AvgIpc) is 2.43. The fourth-order valence-corrected chi connectivity index (χ4v) is 2.34. The molecule has 1 aromatic carbocycles. The molecule has 6 heteroatoms. The van der Waals surface area contributed by atoms with Crippen molar-refractivity contribution in [2.24, 2.45) is 0 Å². The van der Waals surface area contributed by atoms with E-state index in [0.29, 0.717) is 11.3 Å². The second kappa shape index (κ2) is 6.41. The van der Waals surface area contributed by atoms with Gasteiger partial charge >= 0.3 is 0 Å². The van der Waals surface area contributed by atoms with Gasteiger partial charge in [0.1, 0.15) is 0 Å². The van der Waals surface area contributed by atoms with E-state index in [9.17, 15) is 4.79 Å². The first-order valence-electron chi connectivity index (χ1n) is 5.36. The Balaban J connectivity index is 2.18. The zero-order chi connectivity index (χ0) is 13.8. The van der Waals surface area contributed by atoms with Crippen LogP contribution in [-0.2, 0) is 0 Å². The number of pyridine rings is 1. The average molecular weight is 358 g/mol. The van der Waals surface area contributed by atoms with E-state index in [4.69, 9.17) is 11.6 Å². The Kier molecular flexibility index (Phi) is 4.85. The van der Waals surface area contributed by atoms with Gasteiger partial charge in [0.2, 0.25) is 0 Å². The lowest BCUT2D eigenvalue weighted by Gasteiger charge is -2.07. The van der Waals surface area contributed by atoms with E-state index in [1.807, 2.05) is 18.4 Å². The number of aromatic nitrogens is 1. The molecule has 0 fully saturated rings. The third-order valence-corrected chi connectivity index (χ3v) is 3.88. The van der Waals surface area contributed by atoms with Crippen molar-refractivity contribution >= 4 is 50.9 Å². The number of anilines is 1. The summed E-state index contributed by atoms with van der Waals surface area (Å²) < 4.78 is 0.755. The Hall–Kier alpha value is -1.04. The van der Waals surface area contributed by atoms with Crippen LogP contribution in [0.15, 0.2) is 45.9 Å². The standard InChI is InChI=1S/C13H10BrClN2OS/c1-19-10-4-2-8(3-5-10)13(18)17-11-6-9(14)7-16-12(11)15/h2-7H,1H3,(H,17,18). The van der Waals surface area contributed by atoms with Crippen LogP contribution in [0.3, 0.4) is 0 Å². The summed E-state index contributed by atoms with van der Waals surface area (Å²) in [5, 5.41) is 3.00. The Morgan fingerprint density at radius 2 is 2.05 bits per heavy atom. The van der Waals surface area contributed by atoms with E-state index >= 15 is 0 Å². The molecule has 2 rings (SSSR count). The smallest absolute Gasteiger partial charge is 0.255 e. The van der Waals surface area contributed by atoms with Crippen molar-refractivity contribution in [3.05, 3.63) is 51.7 Å². The van der Waals surface area contributed by atoms with Gasteiger partial charge in [-0.15, -0.1) is 11.8 Å². The van der Waals surface area contributed by atoms with Crippen molar-refractivity contribution in [1.82, 2.24) is 4.98 Å². The minimum absolute atomic E-state index is 0.213. The molecule has 0 radical (unpaired) electrons. The number of nitrogens with one attached hydrogen (secondary N) is 1. The van der Waals surface area contributed by atoms with Crippen LogP contribution in [0.4, 0.5) is 5.69 Å². The highest BCUT2D eigenvalue weighted by molar-refractivity contribution is 9.10. The maximum atomic E-state index is 12.1. The van der Waals surface area contributed by atoms with Gasteiger partial charge in [0.15, 0.2) is 5.15 Å². The predicted octanol–water partition coefficient (Wildman–Crippen LogP) is 4.47. The van der Waals surface area contributed by atoms with Crippen molar-refractivity contribution < 1.29 is 4.79 Å². The number of carbonyl (C=O) groups excluding carboxylic acids is 1. The van der Waals surface area contributed by atoms with Crippen molar-refractivity contribution in [3.63, 3.8) is 0 Å². The quantitative estimate of drug-likeness (QED) is 0.651. The zero-order valence-electron chi connectivity index (χ0n) is 9.98. The molecule has 0 saturated carbocycles. The summed E-state index contributed by atoms with van der Waals surface area (Å²) in [7, 11) is 0. The summed E-state index contributed by atoms with van der Waals surface area (Å²) >= 11 is 10.8. The van der Waals surface area contributed by atoms with Gasteiger partial charge in [-0.25, -0.2) is 4.98 Å². The number of nitrogens with zero attached hydrogens (tertiary/aromatic N) is 1. The highest BCUT2D eigenvalue weighted by atomic mass is 79.9. The van der Waals surface area contributed by atoms with Crippen LogP contribution in [0.5, 0.6) is 0 Å². The molecule has 0 aliphatic heterocycles. The normalized spacial score (nSPS) is 10.3. The summed E-state index contributed by atoms with van der Waals surface area (Å²) in [4.78, 5) is 17.1. The van der Waals surface area contributed by atoms with Crippen LogP contribution in [0.2, 0.25) is 5.15 Å². The fourth-order valence-electron chi connectivity index (χ4n) is 1.45. The molecule has 3 nitrogen and oxygen atoms in total. The topological polar surface area (TPSA) is 42.0 Å². The molecule has 0 unspecified atom stereocenters. The van der Waals surface area contributed by atoms with Crippen LogP contribution < -0.4 is 5.32 Å². The highest BCUT2D eigenvalue weighted by Crippen LogP contribution is 2.23. The first kappa shape index (κ1) is 14.4. The van der Waals surface area contributed by atoms with Gasteiger partial charge in [0.25, 0.3) is 5.91 Å². The van der Waals surface area contributed by atoms with Gasteiger partial charge in [-0.1, -0.05) is 11.6 Å². The lowest BCUT2D eigenvalue weighted by atomic mass is 10.2. The summed E-state index contributed by atoms with van der Waals surface area (Å²) in [5.74, 6) is -0.213. The molecule has 0 aliphatic rings. The second-order valence-electron chi connectivity index (χ2n) is 3.67. The third-order valence-electron chi connectivity index (χ3n) is 2.41. The van der Waals surface area contributed by atoms with Crippen molar-refractivity contribution in [2.45, 2.75) is 4.90 Å². The van der Waals surface area contributed by atoms with Crippen LogP contribution in [0, 0.1) is 0 Å². The summed E-state index contributed by atoms with van der Waals surface area (Å²) in [6.07, 6.45) is 3.56. The van der Waals surface area contributed by atoms with Crippen molar-refractivity contribution in [1.29, 1.82) is 0 Å². The highest BCUT2D eigenvalue weighted by Gasteiger charge is 2.09. The maximum absolute atomic E-state index is 12.1. The van der Waals surface area contributed by atoms with E-state index < -0.39 is 0 Å². The van der Waals surface area contributed by atoms with Gasteiger partial charge in [0.05, 0.1) is 5.69 Å². The first-order valence-corrected chi connectivity index (χ1v) is 7.76. The molecule has 0 aliphatic carbocycles. The third kappa shape index (κ3) is 3.72. The number of carbonyl (C=O) groups is 1. The van der Waals surface area contributed by atoms with E-state index in [-0.39, 0.29) is 11.1 Å². The van der Waals surface area contributed by atoms with Gasteiger partial charge in [0, 0.05) is 21.1 Å². The Labute approximate surface area is 128 Å². The number of thioether (sulfide) groups is 1. The van der Waals surface area contributed by atoms with E-state index in [1.54, 1.807) is 36.2 Å². The van der Waals surface area contributed by atoms with E-state index in [2.05, 4.69) is 26.2 Å². The number of rotatable bonds is 3. The molecule has 1 N–H and O–H groups in total.